The topological polar surface area (TPSA) is 78.5 Å². The minimum atomic E-state index is -3.25. The Balaban J connectivity index is 4.32. The van der Waals surface area contributed by atoms with Crippen molar-refractivity contribution in [3.8, 4) is 0 Å². The summed E-state index contributed by atoms with van der Waals surface area (Å²) in [7, 11) is 0.110. The highest BCUT2D eigenvalue weighted by Gasteiger charge is 2.24. The molecule has 2 N–H and O–H groups in total. The van der Waals surface area contributed by atoms with Crippen molar-refractivity contribution < 1.29 is 13.2 Å². The van der Waals surface area contributed by atoms with Crippen LogP contribution in [0.15, 0.2) is 0 Å². The van der Waals surface area contributed by atoms with Crippen molar-refractivity contribution in [2.75, 3.05) is 26.9 Å². The number of nitrogens with zero attached hydrogens (tertiary/aromatic N) is 1. The minimum absolute atomic E-state index is 0.0415. The summed E-state index contributed by atoms with van der Waals surface area (Å²) in [6.45, 7) is 5.64. The van der Waals surface area contributed by atoms with Gasteiger partial charge in [0.15, 0.2) is 0 Å². The number of hydrogen-bond donors (Lipinski definition) is 2. The Hall–Kier alpha value is -0.660. The summed E-state index contributed by atoms with van der Waals surface area (Å²) in [6, 6.07) is -0.342. The Kier molecular flexibility index (Phi) is 5.57. The second-order valence-corrected chi connectivity index (χ2v) is 6.84. The van der Waals surface area contributed by atoms with E-state index in [0.717, 1.165) is 6.26 Å². The Morgan fingerprint density at radius 2 is 1.82 bits per heavy atom. The van der Waals surface area contributed by atoms with Gasteiger partial charge in [-0.3, -0.25) is 4.79 Å². The lowest BCUT2D eigenvalue weighted by Gasteiger charge is -2.28. The van der Waals surface area contributed by atoms with Crippen LogP contribution in [0.5, 0.6) is 0 Å². The van der Waals surface area contributed by atoms with Crippen molar-refractivity contribution in [3.63, 3.8) is 0 Å². The molecule has 1 atom stereocenters. The van der Waals surface area contributed by atoms with Crippen molar-refractivity contribution in [2.45, 2.75) is 32.4 Å². The third kappa shape index (κ3) is 7.30. The second-order valence-electron chi connectivity index (χ2n) is 5.09. The van der Waals surface area contributed by atoms with Gasteiger partial charge in [-0.05, 0) is 20.8 Å². The van der Waals surface area contributed by atoms with E-state index in [2.05, 4.69) is 10.0 Å². The van der Waals surface area contributed by atoms with Gasteiger partial charge in [-0.2, -0.15) is 0 Å². The maximum atomic E-state index is 11.6. The van der Waals surface area contributed by atoms with Crippen LogP contribution < -0.4 is 10.0 Å². The van der Waals surface area contributed by atoms with Gasteiger partial charge in [-0.1, -0.05) is 0 Å². The van der Waals surface area contributed by atoms with E-state index in [1.807, 2.05) is 0 Å². The van der Waals surface area contributed by atoms with Gasteiger partial charge in [0.2, 0.25) is 15.9 Å². The van der Waals surface area contributed by atoms with Crippen LogP contribution in [0, 0.1) is 0 Å². The SMILES string of the molecule is CC(NCC(C)(C)NS(C)(=O)=O)C(=O)N(C)C. The van der Waals surface area contributed by atoms with Crippen molar-refractivity contribution in [1.82, 2.24) is 14.9 Å². The van der Waals surface area contributed by atoms with Gasteiger partial charge in [0.1, 0.15) is 0 Å². The van der Waals surface area contributed by atoms with Gasteiger partial charge in [-0.25, -0.2) is 13.1 Å². The van der Waals surface area contributed by atoms with E-state index < -0.39 is 15.6 Å². The number of rotatable bonds is 6. The maximum Gasteiger partial charge on any atom is 0.238 e. The number of sulfonamides is 1. The fraction of sp³-hybridized carbons (Fsp3) is 0.900. The van der Waals surface area contributed by atoms with Crippen LogP contribution in [0.3, 0.4) is 0 Å². The first-order valence-corrected chi connectivity index (χ1v) is 7.27. The zero-order valence-corrected chi connectivity index (χ0v) is 12.2. The van der Waals surface area contributed by atoms with Crippen LogP contribution in [0.4, 0.5) is 0 Å². The first-order chi connectivity index (χ1) is 7.44. The summed E-state index contributed by atoms with van der Waals surface area (Å²) in [4.78, 5) is 13.1. The largest absolute Gasteiger partial charge is 0.347 e. The molecule has 0 aromatic heterocycles. The molecule has 0 aromatic rings. The first kappa shape index (κ1) is 16.3. The lowest BCUT2D eigenvalue weighted by molar-refractivity contribution is -0.130. The molecule has 6 nitrogen and oxygen atoms in total. The number of amides is 1. The van der Waals surface area contributed by atoms with Crippen LogP contribution in [-0.2, 0) is 14.8 Å². The molecule has 0 spiro atoms. The molecule has 0 saturated heterocycles. The normalized spacial score (nSPS) is 14.5. The van der Waals surface area contributed by atoms with Gasteiger partial charge in [0.25, 0.3) is 0 Å². The highest BCUT2D eigenvalue weighted by Crippen LogP contribution is 2.03. The minimum Gasteiger partial charge on any atom is -0.347 e. The number of hydrogen-bond acceptors (Lipinski definition) is 4. The molecule has 0 saturated carbocycles. The monoisotopic (exact) mass is 265 g/mol. The number of nitrogens with one attached hydrogen (secondary N) is 2. The van der Waals surface area contributed by atoms with Crippen LogP contribution in [0.2, 0.25) is 0 Å². The molecular formula is C10H23N3O3S. The van der Waals surface area contributed by atoms with E-state index >= 15 is 0 Å². The van der Waals surface area contributed by atoms with E-state index in [-0.39, 0.29) is 11.9 Å². The molecular weight excluding hydrogens is 242 g/mol. The average Bonchev–Trinajstić information content (AvgIpc) is 2.09. The van der Waals surface area contributed by atoms with Crippen LogP contribution in [0.25, 0.3) is 0 Å². The Labute approximate surface area is 104 Å². The molecule has 17 heavy (non-hydrogen) atoms. The molecule has 0 fully saturated rings. The molecule has 0 aliphatic rings. The summed E-state index contributed by atoms with van der Waals surface area (Å²) >= 11 is 0. The van der Waals surface area contributed by atoms with Gasteiger partial charge in [-0.15, -0.1) is 0 Å². The van der Waals surface area contributed by atoms with Crippen LogP contribution in [0.1, 0.15) is 20.8 Å². The average molecular weight is 265 g/mol. The van der Waals surface area contributed by atoms with E-state index in [4.69, 9.17) is 0 Å². The Bertz CT molecular complexity index is 363. The third-order valence-electron chi connectivity index (χ3n) is 2.12. The maximum absolute atomic E-state index is 11.6. The summed E-state index contributed by atoms with van der Waals surface area (Å²) in [5.41, 5.74) is -0.631. The van der Waals surface area contributed by atoms with Crippen LogP contribution in [-0.4, -0.2) is 57.7 Å². The van der Waals surface area contributed by atoms with E-state index in [9.17, 15) is 13.2 Å². The second kappa shape index (κ2) is 5.79. The molecule has 0 aromatic carbocycles. The van der Waals surface area contributed by atoms with Gasteiger partial charge in [0, 0.05) is 26.2 Å². The van der Waals surface area contributed by atoms with Gasteiger partial charge >= 0.3 is 0 Å². The summed E-state index contributed by atoms with van der Waals surface area (Å²) in [5.74, 6) is -0.0415. The smallest absolute Gasteiger partial charge is 0.238 e. The zero-order valence-electron chi connectivity index (χ0n) is 11.4. The summed E-state index contributed by atoms with van der Waals surface area (Å²) < 4.78 is 24.7. The highest BCUT2D eigenvalue weighted by molar-refractivity contribution is 7.88. The molecule has 0 aliphatic heterocycles. The predicted octanol–water partition coefficient (Wildman–Crippen LogP) is -0.619. The molecule has 102 valence electrons. The predicted molar refractivity (Wildman–Crippen MR) is 68.2 cm³/mol. The first-order valence-electron chi connectivity index (χ1n) is 5.38. The van der Waals surface area contributed by atoms with Gasteiger partial charge < -0.3 is 10.2 Å². The fourth-order valence-electron chi connectivity index (χ4n) is 1.42. The van der Waals surface area contributed by atoms with E-state index in [0.29, 0.717) is 6.54 Å². The molecule has 7 heteroatoms. The molecule has 1 unspecified atom stereocenters. The van der Waals surface area contributed by atoms with Crippen molar-refractivity contribution >= 4 is 15.9 Å². The van der Waals surface area contributed by atoms with Gasteiger partial charge in [0.05, 0.1) is 12.3 Å². The van der Waals surface area contributed by atoms with E-state index in [1.54, 1.807) is 34.9 Å². The van der Waals surface area contributed by atoms with Crippen molar-refractivity contribution in [3.05, 3.63) is 0 Å². The molecule has 0 aliphatic carbocycles. The molecule has 1 amide bonds. The summed E-state index contributed by atoms with van der Waals surface area (Å²) in [6.07, 6.45) is 1.11. The number of carbonyl (C=O) groups is 1. The lowest BCUT2D eigenvalue weighted by atomic mass is 10.1. The summed E-state index contributed by atoms with van der Waals surface area (Å²) in [5, 5.41) is 3.01. The number of carbonyl (C=O) groups excluding carboxylic acids is 1. The van der Waals surface area contributed by atoms with Crippen LogP contribution >= 0.6 is 0 Å². The third-order valence-corrected chi connectivity index (χ3v) is 3.05. The molecule has 0 radical (unpaired) electrons. The highest BCUT2D eigenvalue weighted by atomic mass is 32.2. The zero-order chi connectivity index (χ0) is 13.9. The Morgan fingerprint density at radius 1 is 1.35 bits per heavy atom. The molecule has 0 rings (SSSR count). The van der Waals surface area contributed by atoms with Crippen molar-refractivity contribution in [1.29, 1.82) is 0 Å². The Morgan fingerprint density at radius 3 is 2.18 bits per heavy atom. The quantitative estimate of drug-likeness (QED) is 0.671. The standard InChI is InChI=1S/C10H23N3O3S/c1-8(9(14)13(4)5)11-7-10(2,3)12-17(6,15)16/h8,11-12H,7H2,1-6H3. The fourth-order valence-corrected chi connectivity index (χ4v) is 2.50. The van der Waals surface area contributed by atoms with E-state index in [1.165, 1.54) is 4.90 Å². The molecule has 0 heterocycles. The number of likely N-dealkylation sites (N-methyl/N-ethyl adjacent to an activating group) is 1. The lowest BCUT2D eigenvalue weighted by Crippen LogP contribution is -2.53. The van der Waals surface area contributed by atoms with Crippen molar-refractivity contribution in [2.24, 2.45) is 0 Å². The molecule has 0 bridgehead atoms.